The quantitative estimate of drug-likeness (QED) is 0.0723. The normalized spacial score (nSPS) is 12.3. The lowest BCUT2D eigenvalue weighted by Crippen LogP contribution is -2.71. The Morgan fingerprint density at radius 2 is 0.926 bits per heavy atom. The average molecular weight is 835 g/mol. The van der Waals surface area contributed by atoms with Gasteiger partial charge in [0.2, 0.25) is 0 Å². The van der Waals surface area contributed by atoms with Gasteiger partial charge in [-0.2, -0.15) is 16.8 Å². The minimum absolute atomic E-state index is 0.00648. The zero-order chi connectivity index (χ0) is 40.6. The minimum atomic E-state index is -5.36. The highest BCUT2D eigenvalue weighted by molar-refractivity contribution is 7.86. The molecule has 20 nitrogen and oxygen atoms in total. The van der Waals surface area contributed by atoms with E-state index in [1.54, 1.807) is 0 Å². The smallest absolute Gasteiger partial charge is 0.296 e. The summed E-state index contributed by atoms with van der Waals surface area (Å²) in [7, 11) is -14.2. The van der Waals surface area contributed by atoms with Crippen molar-refractivity contribution >= 4 is 80.3 Å². The van der Waals surface area contributed by atoms with Gasteiger partial charge in [-0.25, -0.2) is 16.8 Å². The predicted molar refractivity (Wildman–Crippen MR) is 188 cm³/mol. The van der Waals surface area contributed by atoms with Crippen LogP contribution in [-0.2, 0) is 40.5 Å². The number of benzene rings is 4. The molecule has 0 saturated carbocycles. The maximum Gasteiger partial charge on any atom is 0.296 e. The Balaban J connectivity index is 1.91. The molecule has 0 bridgehead atoms. The van der Waals surface area contributed by atoms with Crippen LogP contribution in [0.25, 0.3) is 0 Å². The molecule has 4 aromatic rings. The van der Waals surface area contributed by atoms with Gasteiger partial charge in [0.05, 0.1) is 45.5 Å². The van der Waals surface area contributed by atoms with Crippen LogP contribution < -0.4 is 40.2 Å². The minimum Gasteiger partial charge on any atom is -0.744 e. The van der Waals surface area contributed by atoms with Gasteiger partial charge in [-0.05, 0) is 24.6 Å². The van der Waals surface area contributed by atoms with Crippen LogP contribution in [0.3, 0.4) is 0 Å². The Hall–Kier alpha value is -4.76. The van der Waals surface area contributed by atoms with Crippen molar-refractivity contribution in [2.45, 2.75) is 26.5 Å². The summed E-state index contributed by atoms with van der Waals surface area (Å²) in [5, 5.41) is 7.36. The molecule has 294 valence electrons. The van der Waals surface area contributed by atoms with Gasteiger partial charge in [0.15, 0.2) is 34.2 Å². The number of hydrogen-bond acceptors (Lipinski definition) is 16. The van der Waals surface area contributed by atoms with Gasteiger partial charge in [0, 0.05) is 43.4 Å². The summed E-state index contributed by atoms with van der Waals surface area (Å²) < 4.78 is 165. The van der Waals surface area contributed by atoms with E-state index in [0.29, 0.717) is 5.56 Å². The van der Waals surface area contributed by atoms with Crippen molar-refractivity contribution in [2.75, 3.05) is 46.1 Å². The lowest BCUT2D eigenvalue weighted by Gasteiger charge is -2.20. The van der Waals surface area contributed by atoms with Gasteiger partial charge < -0.3 is 38.7 Å². The van der Waals surface area contributed by atoms with E-state index in [0.717, 1.165) is 54.1 Å². The second-order valence-electron chi connectivity index (χ2n) is 11.2. The zero-order valence-electron chi connectivity index (χ0n) is 29.0. The summed E-state index contributed by atoms with van der Waals surface area (Å²) in [6, 6.07) is 8.21. The van der Waals surface area contributed by atoms with Gasteiger partial charge in [-0.15, -0.1) is 0 Å². The molecule has 0 saturated heterocycles. The fourth-order valence-electron chi connectivity index (χ4n) is 5.33. The molecular weight excluding hydrogens is 801 g/mol. The highest BCUT2D eigenvalue weighted by Crippen LogP contribution is 2.40. The second kappa shape index (κ2) is 15.5. The first-order valence-corrected chi connectivity index (χ1v) is 20.5. The number of rotatable bonds is 15. The van der Waals surface area contributed by atoms with Crippen molar-refractivity contribution in [2.24, 2.45) is 0 Å². The summed E-state index contributed by atoms with van der Waals surface area (Å²) in [4.78, 5) is -3.04. The van der Waals surface area contributed by atoms with Crippen LogP contribution in [0, 0.1) is 6.92 Å². The highest BCUT2D eigenvalue weighted by atomic mass is 32.2. The number of hydrogen-bond donors (Lipinski definition) is 6. The molecule has 0 amide bonds. The summed E-state index contributed by atoms with van der Waals surface area (Å²) in [6.07, 6.45) is 0. The Morgan fingerprint density at radius 1 is 0.519 bits per heavy atom. The predicted octanol–water partition coefficient (Wildman–Crippen LogP) is 1.17. The van der Waals surface area contributed by atoms with Gasteiger partial charge in [0.25, 0.3) is 20.2 Å². The van der Waals surface area contributed by atoms with Crippen LogP contribution in [-0.4, -0.2) is 87.4 Å². The molecule has 0 atom stereocenters. The van der Waals surface area contributed by atoms with E-state index in [1.807, 2.05) is 0 Å². The van der Waals surface area contributed by atoms with E-state index in [2.05, 4.69) is 10.6 Å². The molecule has 4 aromatic carbocycles. The summed E-state index contributed by atoms with van der Waals surface area (Å²) in [5.74, 6) is -0.174. The van der Waals surface area contributed by atoms with Gasteiger partial charge >= 0.3 is 0 Å². The van der Waals surface area contributed by atoms with Crippen LogP contribution in [0.4, 0.5) is 39.8 Å². The largest absolute Gasteiger partial charge is 0.744 e. The van der Waals surface area contributed by atoms with Crippen LogP contribution in [0.15, 0.2) is 68.1 Å². The van der Waals surface area contributed by atoms with Crippen molar-refractivity contribution in [1.82, 2.24) is 0 Å². The lowest BCUT2D eigenvalue weighted by atomic mass is 10.1. The Labute approximate surface area is 310 Å². The maximum atomic E-state index is 12.7. The first kappa shape index (κ1) is 42.0. The third-order valence-corrected chi connectivity index (χ3v) is 11.3. The zero-order valence-corrected chi connectivity index (χ0v) is 32.3. The monoisotopic (exact) mass is 834 g/mol. The molecule has 0 unspecified atom stereocenters. The van der Waals surface area contributed by atoms with Crippen molar-refractivity contribution in [3.63, 3.8) is 0 Å². The van der Waals surface area contributed by atoms with E-state index >= 15 is 0 Å². The molecule has 0 fully saturated rings. The molecule has 24 heteroatoms. The van der Waals surface area contributed by atoms with Crippen molar-refractivity contribution in [3.05, 3.63) is 54.1 Å². The molecule has 0 radical (unpaired) electrons. The van der Waals surface area contributed by atoms with E-state index in [-0.39, 0.29) is 57.1 Å². The SMILES string of the molecule is CNc1cc(OC)c([NH2+]c2cc(OC)c(Nc3cc(OC)c([NH2+]c4cc(OC)c(C)cc4S(=O)(=O)[O-])cc3S(=O)(=O)O)cc2S(=O)(=O)[O-])cc1S(=O)(=O)O. The van der Waals surface area contributed by atoms with Crippen LogP contribution in [0.5, 0.6) is 23.0 Å². The number of ether oxygens (including phenoxy) is 4. The second-order valence-corrected chi connectivity index (χ2v) is 16.6. The third-order valence-electron chi connectivity index (χ3n) is 7.78. The molecule has 0 aliphatic rings. The summed E-state index contributed by atoms with van der Waals surface area (Å²) in [5.41, 5.74) is -1.34. The van der Waals surface area contributed by atoms with Crippen LogP contribution >= 0.6 is 0 Å². The molecule has 4 rings (SSSR count). The fourth-order valence-corrected chi connectivity index (χ4v) is 8.10. The highest BCUT2D eigenvalue weighted by Gasteiger charge is 2.28. The number of aryl methyl sites for hydroxylation is 1. The molecule has 54 heavy (non-hydrogen) atoms. The molecule has 0 aliphatic carbocycles. The number of nitrogens with one attached hydrogen (secondary N) is 2. The first-order valence-electron chi connectivity index (χ1n) is 14.8. The molecule has 0 spiro atoms. The summed E-state index contributed by atoms with van der Waals surface area (Å²) >= 11 is 0. The molecule has 0 heterocycles. The van der Waals surface area contributed by atoms with Crippen LogP contribution in [0.2, 0.25) is 0 Å². The third kappa shape index (κ3) is 9.12. The molecule has 0 aliphatic heterocycles. The Morgan fingerprint density at radius 3 is 1.33 bits per heavy atom. The van der Waals surface area contributed by atoms with Gasteiger partial charge in [0.1, 0.15) is 51.3 Å². The Kier molecular flexibility index (Phi) is 12.1. The fraction of sp³-hybridized carbons (Fsp3) is 0.200. The standard InChI is InChI=1S/C30H34N4O16S4/c1-15-7-27(51(35,36)37)20(9-23(15)47-3)32-17-13-29(53(41,42)43)22(11-25(17)49-5)34-18-14-30(54(44,45)46)21(10-26(18)50-6)33-16-12-28(52(38,39)40)19(31-2)8-24(16)48-4/h7-14,31-34H,1-6H3,(H,35,36,37)(H,38,39,40)(H,41,42,43)(H,44,45,46). The average Bonchev–Trinajstić information content (AvgIpc) is 3.07. The first-order chi connectivity index (χ1) is 25.0. The van der Waals surface area contributed by atoms with E-state index in [4.69, 9.17) is 18.9 Å². The van der Waals surface area contributed by atoms with E-state index in [9.17, 15) is 51.9 Å². The topological polar surface area (TPSA) is 317 Å². The van der Waals surface area contributed by atoms with Gasteiger partial charge in [-0.1, -0.05) is 0 Å². The van der Waals surface area contributed by atoms with Gasteiger partial charge in [-0.3, -0.25) is 19.7 Å². The Bertz CT molecular complexity index is 2580. The van der Waals surface area contributed by atoms with E-state index < -0.39 is 65.7 Å². The molecule has 0 aromatic heterocycles. The molecule has 8 N–H and O–H groups in total. The number of quaternary nitrogens is 2. The van der Waals surface area contributed by atoms with E-state index in [1.165, 1.54) is 47.4 Å². The van der Waals surface area contributed by atoms with Crippen molar-refractivity contribution in [1.29, 1.82) is 0 Å². The summed E-state index contributed by atoms with van der Waals surface area (Å²) in [6.45, 7) is 1.50. The number of nitrogens with two attached hydrogens (primary N) is 2. The van der Waals surface area contributed by atoms with Crippen molar-refractivity contribution < 1.29 is 81.5 Å². The number of methoxy groups -OCH3 is 4. The van der Waals surface area contributed by atoms with Crippen molar-refractivity contribution in [3.8, 4) is 23.0 Å². The number of anilines is 3. The lowest BCUT2D eigenvalue weighted by molar-refractivity contribution is -0.482. The molecular formula is C30H34N4O16S4. The maximum absolute atomic E-state index is 12.7. The van der Waals surface area contributed by atoms with Crippen LogP contribution in [0.1, 0.15) is 5.56 Å².